The van der Waals surface area contributed by atoms with Crippen molar-refractivity contribution in [3.05, 3.63) is 17.7 Å². The summed E-state index contributed by atoms with van der Waals surface area (Å²) >= 11 is 0. The summed E-state index contributed by atoms with van der Waals surface area (Å²) in [6, 6.07) is 4.58. The topological polar surface area (TPSA) is 83.6 Å². The van der Waals surface area contributed by atoms with E-state index in [-0.39, 0.29) is 12.2 Å². The molecule has 1 aliphatic heterocycles. The summed E-state index contributed by atoms with van der Waals surface area (Å²) < 4.78 is 5.85. The highest BCUT2D eigenvalue weighted by molar-refractivity contribution is 5.47. The largest absolute Gasteiger partial charge is 0.390 e. The zero-order valence-corrected chi connectivity index (χ0v) is 17.1. The van der Waals surface area contributed by atoms with Gasteiger partial charge in [-0.1, -0.05) is 0 Å². The highest BCUT2D eigenvalue weighted by Crippen LogP contribution is 2.56. The van der Waals surface area contributed by atoms with Gasteiger partial charge in [0.25, 0.3) is 0 Å². The Morgan fingerprint density at radius 1 is 1.18 bits per heavy atom. The van der Waals surface area contributed by atoms with E-state index in [9.17, 15) is 5.11 Å². The fourth-order valence-corrected chi connectivity index (χ4v) is 6.84. The predicted octanol–water partition coefficient (Wildman–Crippen LogP) is 2.62. The van der Waals surface area contributed by atoms with Crippen LogP contribution in [-0.2, 0) is 11.3 Å². The molecule has 4 aliphatic carbocycles. The van der Waals surface area contributed by atoms with Gasteiger partial charge in [-0.05, 0) is 81.4 Å². The molecule has 0 spiro atoms. The number of aliphatic hydroxyl groups is 1. The molecule has 1 saturated heterocycles. The number of pyridine rings is 1. The number of hydrogen-bond acceptors (Lipinski definition) is 6. The second-order valence-electron chi connectivity index (χ2n) is 10.1. The van der Waals surface area contributed by atoms with Crippen molar-refractivity contribution in [3.63, 3.8) is 0 Å². The van der Waals surface area contributed by atoms with Crippen molar-refractivity contribution < 1.29 is 9.84 Å². The van der Waals surface area contributed by atoms with Crippen LogP contribution in [0.3, 0.4) is 0 Å². The lowest BCUT2D eigenvalue weighted by Crippen LogP contribution is -2.59. The van der Waals surface area contributed by atoms with Crippen molar-refractivity contribution in [3.8, 4) is 0 Å². The van der Waals surface area contributed by atoms with Crippen LogP contribution in [0, 0.1) is 17.8 Å². The summed E-state index contributed by atoms with van der Waals surface area (Å²) in [6.45, 7) is 7.04. The minimum absolute atomic E-state index is 0.263. The highest BCUT2D eigenvalue weighted by Gasteiger charge is 2.54. The molecule has 1 aromatic rings. The van der Waals surface area contributed by atoms with E-state index >= 15 is 0 Å². The molecule has 154 valence electrons. The van der Waals surface area contributed by atoms with Gasteiger partial charge >= 0.3 is 0 Å². The molecule has 6 heteroatoms. The number of morpholine rings is 1. The highest BCUT2D eigenvalue weighted by atomic mass is 16.5. The smallest absolute Gasteiger partial charge is 0.128 e. The molecule has 0 aromatic carbocycles. The first-order chi connectivity index (χ1) is 13.3. The Balaban J connectivity index is 1.30. The van der Waals surface area contributed by atoms with Crippen LogP contribution in [0.5, 0.6) is 0 Å². The number of nitrogens with two attached hydrogens (primary N) is 1. The molecule has 2 unspecified atom stereocenters. The summed E-state index contributed by atoms with van der Waals surface area (Å²) in [7, 11) is 0. The normalized spacial score (nSPS) is 42.7. The molecule has 4 bridgehead atoms. The van der Waals surface area contributed by atoms with Gasteiger partial charge < -0.3 is 20.9 Å². The molecule has 0 radical (unpaired) electrons. The zero-order valence-electron chi connectivity index (χ0n) is 17.1. The van der Waals surface area contributed by atoms with Gasteiger partial charge in [0.15, 0.2) is 0 Å². The number of anilines is 2. The van der Waals surface area contributed by atoms with Crippen LogP contribution >= 0.6 is 0 Å². The van der Waals surface area contributed by atoms with Crippen LogP contribution in [0.2, 0.25) is 0 Å². The average molecular weight is 387 g/mol. The summed E-state index contributed by atoms with van der Waals surface area (Å²) in [5, 5.41) is 14.6. The molecule has 4 saturated carbocycles. The molecular formula is C22H34N4O2. The van der Waals surface area contributed by atoms with Crippen LogP contribution in [0.25, 0.3) is 0 Å². The maximum Gasteiger partial charge on any atom is 0.128 e. The quantitative estimate of drug-likeness (QED) is 0.738. The lowest BCUT2D eigenvalue weighted by Gasteiger charge is -2.58. The summed E-state index contributed by atoms with van der Waals surface area (Å²) in [5.74, 6) is 3.31. The second-order valence-corrected chi connectivity index (χ2v) is 10.1. The first-order valence-corrected chi connectivity index (χ1v) is 11.0. The third kappa shape index (κ3) is 3.62. The summed E-state index contributed by atoms with van der Waals surface area (Å²) in [5.41, 5.74) is 6.97. The molecule has 5 fully saturated rings. The first kappa shape index (κ1) is 18.6. The Morgan fingerprint density at radius 3 is 2.50 bits per heavy atom. The number of ether oxygens (including phenoxy) is 1. The Bertz CT molecular complexity index is 715. The van der Waals surface area contributed by atoms with Crippen LogP contribution < -0.4 is 11.1 Å². The van der Waals surface area contributed by atoms with Crippen molar-refractivity contribution in [1.82, 2.24) is 9.88 Å². The fourth-order valence-electron chi connectivity index (χ4n) is 6.84. The Morgan fingerprint density at radius 2 is 1.86 bits per heavy atom. The van der Waals surface area contributed by atoms with Gasteiger partial charge in [-0.3, -0.25) is 4.90 Å². The third-order valence-corrected chi connectivity index (χ3v) is 7.36. The maximum absolute atomic E-state index is 10.8. The minimum Gasteiger partial charge on any atom is -0.390 e. The van der Waals surface area contributed by atoms with Crippen LogP contribution in [0.4, 0.5) is 11.6 Å². The van der Waals surface area contributed by atoms with Gasteiger partial charge in [-0.25, -0.2) is 4.98 Å². The van der Waals surface area contributed by atoms with Crippen molar-refractivity contribution in [1.29, 1.82) is 0 Å². The SMILES string of the molecule is C[C@@H]1CN(Cc2cc(N)nc(NC3C4CC5CC3CC(O)(C5)C4)c2)C[C@H](C)O1. The van der Waals surface area contributed by atoms with E-state index in [1.165, 1.54) is 18.4 Å². The Hall–Kier alpha value is -1.37. The zero-order chi connectivity index (χ0) is 19.5. The number of aromatic nitrogens is 1. The number of rotatable bonds is 4. The first-order valence-electron chi connectivity index (χ1n) is 11.0. The molecule has 1 aromatic heterocycles. The number of nitrogens with one attached hydrogen (secondary N) is 1. The lowest BCUT2D eigenvalue weighted by atomic mass is 9.52. The van der Waals surface area contributed by atoms with E-state index in [4.69, 9.17) is 10.5 Å². The summed E-state index contributed by atoms with van der Waals surface area (Å²) in [6.07, 6.45) is 5.92. The minimum atomic E-state index is -0.396. The van der Waals surface area contributed by atoms with E-state index < -0.39 is 5.60 Å². The van der Waals surface area contributed by atoms with Gasteiger partial charge in [-0.15, -0.1) is 0 Å². The number of hydrogen-bond donors (Lipinski definition) is 3. The van der Waals surface area contributed by atoms with Crippen LogP contribution in [-0.4, -0.2) is 51.9 Å². The van der Waals surface area contributed by atoms with E-state index in [1.807, 2.05) is 6.07 Å². The van der Waals surface area contributed by atoms with Crippen molar-refractivity contribution in [2.45, 2.75) is 76.3 Å². The molecule has 2 heterocycles. The van der Waals surface area contributed by atoms with E-state index in [0.717, 1.165) is 50.6 Å². The van der Waals surface area contributed by atoms with Crippen molar-refractivity contribution in [2.75, 3.05) is 24.1 Å². The second kappa shape index (κ2) is 6.85. The molecule has 4 N–H and O–H groups in total. The predicted molar refractivity (Wildman–Crippen MR) is 110 cm³/mol. The van der Waals surface area contributed by atoms with E-state index in [0.29, 0.717) is 23.7 Å². The lowest BCUT2D eigenvalue weighted by molar-refractivity contribution is -0.129. The van der Waals surface area contributed by atoms with E-state index in [2.05, 4.69) is 35.1 Å². The Kier molecular flexibility index (Phi) is 4.56. The van der Waals surface area contributed by atoms with Crippen molar-refractivity contribution in [2.24, 2.45) is 17.8 Å². The fraction of sp³-hybridized carbons (Fsp3) is 0.773. The van der Waals surface area contributed by atoms with Crippen LogP contribution in [0.15, 0.2) is 12.1 Å². The van der Waals surface area contributed by atoms with Gasteiger partial charge in [0.05, 0.1) is 17.8 Å². The van der Waals surface area contributed by atoms with Gasteiger partial charge in [0.1, 0.15) is 11.6 Å². The maximum atomic E-state index is 10.8. The van der Waals surface area contributed by atoms with E-state index in [1.54, 1.807) is 0 Å². The molecule has 0 amide bonds. The molecule has 4 atom stereocenters. The van der Waals surface area contributed by atoms with Gasteiger partial charge in [-0.2, -0.15) is 0 Å². The summed E-state index contributed by atoms with van der Waals surface area (Å²) in [4.78, 5) is 7.03. The molecule has 5 aliphatic rings. The molecule has 28 heavy (non-hydrogen) atoms. The van der Waals surface area contributed by atoms with Gasteiger partial charge in [0.2, 0.25) is 0 Å². The standard InChI is InChI=1S/C22H34N4O2/c1-13-10-26(11-14(2)28-13)12-16-5-19(23)24-20(6-16)25-21-17-3-15-4-18(21)9-22(27,7-15)8-17/h5-6,13-15,17-18,21,27H,3-4,7-12H2,1-2H3,(H3,23,24,25)/t13-,14+,15?,17?,18?,21?,22?. The number of nitrogen functional groups attached to an aromatic ring is 1. The average Bonchev–Trinajstić information content (AvgIpc) is 2.55. The van der Waals surface area contributed by atoms with Crippen molar-refractivity contribution >= 4 is 11.6 Å². The van der Waals surface area contributed by atoms with Crippen LogP contribution in [0.1, 0.15) is 51.5 Å². The van der Waals surface area contributed by atoms with Gasteiger partial charge in [0, 0.05) is 25.7 Å². The monoisotopic (exact) mass is 386 g/mol. The number of nitrogens with zero attached hydrogens (tertiary/aromatic N) is 2. The molecule has 6 nitrogen and oxygen atoms in total. The Labute approximate surface area is 167 Å². The third-order valence-electron chi connectivity index (χ3n) is 7.36. The molecule has 6 rings (SSSR count). The molecular weight excluding hydrogens is 352 g/mol.